The molecule has 1 aliphatic carbocycles. The van der Waals surface area contributed by atoms with Gasteiger partial charge in [0, 0.05) is 0 Å². The van der Waals surface area contributed by atoms with Crippen LogP contribution in [-0.4, -0.2) is 67.0 Å². The van der Waals surface area contributed by atoms with Gasteiger partial charge in [-0.3, -0.25) is 0 Å². The van der Waals surface area contributed by atoms with Gasteiger partial charge >= 0.3 is 0 Å². The zero-order valence-electron chi connectivity index (χ0n) is 6.45. The molecule has 78 valence electrons. The van der Waals surface area contributed by atoms with Crippen molar-refractivity contribution >= 4 is 0 Å². The van der Waals surface area contributed by atoms with E-state index in [1.165, 1.54) is 0 Å². The molecular weight excluding hydrogens is 187 g/mol. The third-order valence-corrected chi connectivity index (χ3v) is 2.18. The molecular formula is C6H11FO6. The molecule has 0 bridgehead atoms. The fourth-order valence-electron chi connectivity index (χ4n) is 1.23. The van der Waals surface area contributed by atoms with Crippen LogP contribution in [-0.2, 0) is 0 Å². The molecule has 6 N–H and O–H groups in total. The van der Waals surface area contributed by atoms with Gasteiger partial charge in [0.25, 0.3) is 5.85 Å². The lowest BCUT2D eigenvalue weighted by atomic mass is 9.83. The van der Waals surface area contributed by atoms with Gasteiger partial charge in [-0.2, -0.15) is 0 Å². The van der Waals surface area contributed by atoms with Gasteiger partial charge in [0.15, 0.2) is 0 Å². The van der Waals surface area contributed by atoms with Gasteiger partial charge in [-0.15, -0.1) is 0 Å². The number of rotatable bonds is 0. The first-order chi connectivity index (χ1) is 5.80. The fourth-order valence-corrected chi connectivity index (χ4v) is 1.23. The van der Waals surface area contributed by atoms with Gasteiger partial charge in [-0.1, -0.05) is 0 Å². The van der Waals surface area contributed by atoms with Crippen molar-refractivity contribution in [1.82, 2.24) is 0 Å². The van der Waals surface area contributed by atoms with E-state index >= 15 is 0 Å². The first kappa shape index (κ1) is 10.8. The zero-order chi connectivity index (χ0) is 10.4. The van der Waals surface area contributed by atoms with Crippen LogP contribution in [0.4, 0.5) is 4.39 Å². The van der Waals surface area contributed by atoms with Crippen LogP contribution in [0, 0.1) is 0 Å². The van der Waals surface area contributed by atoms with Crippen molar-refractivity contribution < 1.29 is 35.0 Å². The van der Waals surface area contributed by atoms with Gasteiger partial charge in [0.05, 0.1) is 0 Å². The Labute approximate surface area is 72.5 Å². The molecule has 1 rings (SSSR count). The second-order valence-electron chi connectivity index (χ2n) is 3.09. The maximum Gasteiger partial charge on any atom is 0.264 e. The molecule has 0 radical (unpaired) electrons. The largest absolute Gasteiger partial charge is 0.387 e. The Morgan fingerprint density at radius 2 is 1.08 bits per heavy atom. The summed E-state index contributed by atoms with van der Waals surface area (Å²) in [6, 6.07) is 0. The van der Waals surface area contributed by atoms with Crippen LogP contribution >= 0.6 is 0 Å². The van der Waals surface area contributed by atoms with E-state index in [0.29, 0.717) is 0 Å². The summed E-state index contributed by atoms with van der Waals surface area (Å²) in [5.41, 5.74) is 0. The minimum absolute atomic E-state index is 1.90. The van der Waals surface area contributed by atoms with Crippen LogP contribution < -0.4 is 0 Å². The highest BCUT2D eigenvalue weighted by Gasteiger charge is 2.58. The minimum Gasteiger partial charge on any atom is -0.387 e. The summed E-state index contributed by atoms with van der Waals surface area (Å²) in [6.45, 7) is 0. The Bertz CT molecular complexity index is 180. The first-order valence-corrected chi connectivity index (χ1v) is 3.61. The standard InChI is InChI=1S/C6H11FO6/c7-6(13)4(11)2(9)1(8)3(10)5(6)12/h1-5,8-13H/t1?,2-,3+,4-,5-,6?/m0/s1. The van der Waals surface area contributed by atoms with Crippen molar-refractivity contribution in [3.63, 3.8) is 0 Å². The Balaban J connectivity index is 2.93. The van der Waals surface area contributed by atoms with Crippen molar-refractivity contribution in [3.8, 4) is 0 Å². The van der Waals surface area contributed by atoms with Crippen LogP contribution in [0.5, 0.6) is 0 Å². The third-order valence-electron chi connectivity index (χ3n) is 2.18. The zero-order valence-corrected chi connectivity index (χ0v) is 6.45. The smallest absolute Gasteiger partial charge is 0.264 e. The maximum absolute atomic E-state index is 13.0. The van der Waals surface area contributed by atoms with Crippen molar-refractivity contribution in [2.75, 3.05) is 0 Å². The molecule has 7 heteroatoms. The van der Waals surface area contributed by atoms with Crippen LogP contribution in [0.3, 0.4) is 0 Å². The average molecular weight is 198 g/mol. The van der Waals surface area contributed by atoms with E-state index in [1.807, 2.05) is 0 Å². The van der Waals surface area contributed by atoms with Gasteiger partial charge in [-0.05, 0) is 0 Å². The predicted molar refractivity (Wildman–Crippen MR) is 36.1 cm³/mol. The molecule has 6 nitrogen and oxygen atoms in total. The first-order valence-electron chi connectivity index (χ1n) is 3.61. The van der Waals surface area contributed by atoms with E-state index < -0.39 is 36.4 Å². The highest BCUT2D eigenvalue weighted by atomic mass is 19.2. The van der Waals surface area contributed by atoms with E-state index in [4.69, 9.17) is 30.6 Å². The van der Waals surface area contributed by atoms with E-state index in [-0.39, 0.29) is 0 Å². The third kappa shape index (κ3) is 1.43. The molecule has 0 saturated heterocycles. The molecule has 6 atom stereocenters. The molecule has 1 saturated carbocycles. The summed E-state index contributed by atoms with van der Waals surface area (Å²) in [7, 11) is 0. The molecule has 1 fully saturated rings. The van der Waals surface area contributed by atoms with Gasteiger partial charge in [0.2, 0.25) is 0 Å². The highest BCUT2D eigenvalue weighted by Crippen LogP contribution is 2.31. The van der Waals surface area contributed by atoms with E-state index in [1.54, 1.807) is 0 Å². The number of alkyl halides is 1. The highest BCUT2D eigenvalue weighted by molar-refractivity contribution is 5.02. The summed E-state index contributed by atoms with van der Waals surface area (Å²) in [5, 5.41) is 53.2. The maximum atomic E-state index is 13.0. The van der Waals surface area contributed by atoms with Crippen LogP contribution in [0.1, 0.15) is 0 Å². The van der Waals surface area contributed by atoms with Crippen LogP contribution in [0.25, 0.3) is 0 Å². The molecule has 13 heavy (non-hydrogen) atoms. The quantitative estimate of drug-likeness (QED) is 0.240. The molecule has 0 amide bonds. The van der Waals surface area contributed by atoms with Crippen molar-refractivity contribution in [2.45, 2.75) is 36.4 Å². The summed E-state index contributed by atoms with van der Waals surface area (Å²) < 4.78 is 13.0. The number of aliphatic hydroxyl groups excluding tert-OH is 5. The van der Waals surface area contributed by atoms with E-state index in [9.17, 15) is 4.39 Å². The topological polar surface area (TPSA) is 121 Å². The van der Waals surface area contributed by atoms with Crippen molar-refractivity contribution in [3.05, 3.63) is 0 Å². The molecule has 0 aromatic rings. The molecule has 0 aromatic carbocycles. The van der Waals surface area contributed by atoms with Crippen LogP contribution in [0.2, 0.25) is 0 Å². The Hall–Kier alpha value is -0.310. The lowest BCUT2D eigenvalue weighted by Crippen LogP contribution is -2.68. The molecule has 0 heterocycles. The number of hydrogen-bond donors (Lipinski definition) is 6. The molecule has 0 aromatic heterocycles. The minimum atomic E-state index is -3.53. The van der Waals surface area contributed by atoms with Crippen molar-refractivity contribution in [1.29, 1.82) is 0 Å². The van der Waals surface area contributed by atoms with E-state index in [0.717, 1.165) is 0 Å². The number of aliphatic hydroxyl groups is 6. The Kier molecular flexibility index (Phi) is 2.59. The van der Waals surface area contributed by atoms with Gasteiger partial charge in [0.1, 0.15) is 30.5 Å². The average Bonchev–Trinajstić information content (AvgIpc) is 2.09. The second-order valence-corrected chi connectivity index (χ2v) is 3.09. The normalized spacial score (nSPS) is 57.9. The van der Waals surface area contributed by atoms with Crippen molar-refractivity contribution in [2.24, 2.45) is 0 Å². The SMILES string of the molecule is OC1[C@@H](O)[C@H](O)C(O)(F)[C@@H](O)[C@H]1O. The molecule has 1 aliphatic rings. The molecule has 2 unspecified atom stereocenters. The summed E-state index contributed by atoms with van der Waals surface area (Å²) in [5.74, 6) is -3.53. The lowest BCUT2D eigenvalue weighted by molar-refractivity contribution is -0.314. The summed E-state index contributed by atoms with van der Waals surface area (Å²) in [6.07, 6.45) is -10.7. The fraction of sp³-hybridized carbons (Fsp3) is 1.00. The monoisotopic (exact) mass is 198 g/mol. The second kappa shape index (κ2) is 3.12. The summed E-state index contributed by atoms with van der Waals surface area (Å²) in [4.78, 5) is 0. The number of hydrogen-bond acceptors (Lipinski definition) is 6. The summed E-state index contributed by atoms with van der Waals surface area (Å²) >= 11 is 0. The van der Waals surface area contributed by atoms with Gasteiger partial charge < -0.3 is 30.6 Å². The Morgan fingerprint density at radius 1 is 0.769 bits per heavy atom. The molecule has 0 spiro atoms. The Morgan fingerprint density at radius 3 is 1.38 bits per heavy atom. The van der Waals surface area contributed by atoms with E-state index in [2.05, 4.69) is 0 Å². The predicted octanol–water partition coefficient (Wildman–Crippen LogP) is -3.54. The van der Waals surface area contributed by atoms with Crippen LogP contribution in [0.15, 0.2) is 0 Å². The number of halogens is 1. The van der Waals surface area contributed by atoms with Gasteiger partial charge in [-0.25, -0.2) is 4.39 Å². The molecule has 0 aliphatic heterocycles. The lowest BCUT2D eigenvalue weighted by Gasteiger charge is -2.42.